The van der Waals surface area contributed by atoms with Crippen LogP contribution >= 0.6 is 0 Å². The van der Waals surface area contributed by atoms with Crippen molar-refractivity contribution in [3.63, 3.8) is 0 Å². The van der Waals surface area contributed by atoms with E-state index in [9.17, 15) is 14.0 Å². The molecule has 1 saturated carbocycles. The molecule has 4 nitrogen and oxygen atoms in total. The van der Waals surface area contributed by atoms with Crippen LogP contribution in [-0.2, 0) is 15.0 Å². The quantitative estimate of drug-likeness (QED) is 0.758. The maximum atomic E-state index is 13.0. The Morgan fingerprint density at radius 3 is 2.48 bits per heavy atom. The molecular formula is C16H18FNO3. The first-order valence-corrected chi connectivity index (χ1v) is 6.90. The van der Waals surface area contributed by atoms with Crippen molar-refractivity contribution in [1.29, 1.82) is 0 Å². The average molecular weight is 291 g/mol. The van der Waals surface area contributed by atoms with E-state index in [1.54, 1.807) is 18.2 Å². The Hall–Kier alpha value is -2.17. The van der Waals surface area contributed by atoms with Gasteiger partial charge in [0, 0.05) is 0 Å². The van der Waals surface area contributed by atoms with E-state index in [0.717, 1.165) is 5.56 Å². The van der Waals surface area contributed by atoms with Crippen molar-refractivity contribution in [3.8, 4) is 0 Å². The van der Waals surface area contributed by atoms with Crippen molar-refractivity contribution in [2.24, 2.45) is 0 Å². The van der Waals surface area contributed by atoms with Gasteiger partial charge in [-0.05, 0) is 43.4 Å². The van der Waals surface area contributed by atoms with Gasteiger partial charge in [0.2, 0.25) is 5.91 Å². The zero-order valence-electron chi connectivity index (χ0n) is 11.6. The minimum absolute atomic E-state index is 0.300. The van der Waals surface area contributed by atoms with Crippen LogP contribution in [0.25, 0.3) is 0 Å². The van der Waals surface area contributed by atoms with Gasteiger partial charge in [-0.3, -0.25) is 4.79 Å². The van der Waals surface area contributed by atoms with Crippen LogP contribution in [0.15, 0.2) is 36.9 Å². The van der Waals surface area contributed by atoms with Gasteiger partial charge in [0.15, 0.2) is 0 Å². The van der Waals surface area contributed by atoms with Crippen molar-refractivity contribution in [2.75, 3.05) is 0 Å². The van der Waals surface area contributed by atoms with E-state index in [2.05, 4.69) is 11.9 Å². The predicted molar refractivity (Wildman–Crippen MR) is 76.3 cm³/mol. The van der Waals surface area contributed by atoms with Gasteiger partial charge in [-0.1, -0.05) is 18.2 Å². The van der Waals surface area contributed by atoms with Crippen LogP contribution in [0, 0.1) is 5.82 Å². The number of hydrogen-bond donors (Lipinski definition) is 2. The number of carboxylic acid groups (broad SMARTS) is 1. The molecule has 1 aromatic rings. The molecule has 0 heterocycles. The van der Waals surface area contributed by atoms with Crippen LogP contribution in [-0.4, -0.2) is 23.0 Å². The van der Waals surface area contributed by atoms with Crippen LogP contribution < -0.4 is 5.32 Å². The van der Waals surface area contributed by atoms with Crippen molar-refractivity contribution in [3.05, 3.63) is 48.3 Å². The highest BCUT2D eigenvalue weighted by molar-refractivity contribution is 5.93. The second-order valence-electron chi connectivity index (χ2n) is 5.32. The monoisotopic (exact) mass is 291 g/mol. The van der Waals surface area contributed by atoms with E-state index >= 15 is 0 Å². The number of hydrogen-bond acceptors (Lipinski definition) is 2. The van der Waals surface area contributed by atoms with E-state index < -0.39 is 17.4 Å². The molecule has 1 amide bonds. The summed E-state index contributed by atoms with van der Waals surface area (Å²) in [6, 6.07) is 4.88. The first-order valence-electron chi connectivity index (χ1n) is 6.90. The summed E-state index contributed by atoms with van der Waals surface area (Å²) in [5, 5.41) is 11.7. The number of carboxylic acids is 1. The number of halogens is 1. The first kappa shape index (κ1) is 15.2. The fourth-order valence-electron chi connectivity index (χ4n) is 2.38. The molecule has 112 valence electrons. The molecule has 0 radical (unpaired) electrons. The molecule has 2 rings (SSSR count). The fraction of sp³-hybridized carbons (Fsp3) is 0.375. The number of carbonyl (C=O) groups is 2. The van der Waals surface area contributed by atoms with E-state index in [1.807, 2.05) is 0 Å². The van der Waals surface area contributed by atoms with E-state index in [0.29, 0.717) is 25.7 Å². The lowest BCUT2D eigenvalue weighted by Gasteiger charge is -2.20. The van der Waals surface area contributed by atoms with Crippen LogP contribution in [0.2, 0.25) is 0 Å². The minimum Gasteiger partial charge on any atom is -0.480 e. The maximum absolute atomic E-state index is 13.0. The second kappa shape index (κ2) is 6.08. The fourth-order valence-corrected chi connectivity index (χ4v) is 2.38. The zero-order chi connectivity index (χ0) is 15.5. The molecule has 1 aliphatic rings. The number of aliphatic carboxylic acids is 1. The highest BCUT2D eigenvalue weighted by Crippen LogP contribution is 2.48. The lowest BCUT2D eigenvalue weighted by Crippen LogP contribution is -2.45. The summed E-state index contributed by atoms with van der Waals surface area (Å²) >= 11 is 0. The Bertz CT molecular complexity index is 549. The Morgan fingerprint density at radius 2 is 2.00 bits per heavy atom. The topological polar surface area (TPSA) is 66.4 Å². The number of benzene rings is 1. The molecule has 0 aliphatic heterocycles. The molecule has 0 spiro atoms. The largest absolute Gasteiger partial charge is 0.480 e. The summed E-state index contributed by atoms with van der Waals surface area (Å²) in [4.78, 5) is 23.6. The highest BCUT2D eigenvalue weighted by Gasteiger charge is 2.51. The van der Waals surface area contributed by atoms with Crippen LogP contribution in [0.3, 0.4) is 0 Å². The van der Waals surface area contributed by atoms with Gasteiger partial charge in [-0.2, -0.15) is 0 Å². The second-order valence-corrected chi connectivity index (χ2v) is 5.32. The third-order valence-corrected chi connectivity index (χ3v) is 3.84. The average Bonchev–Trinajstić information content (AvgIpc) is 3.25. The van der Waals surface area contributed by atoms with Gasteiger partial charge in [-0.15, -0.1) is 6.58 Å². The Labute approximate surface area is 122 Å². The Kier molecular flexibility index (Phi) is 4.40. The molecule has 0 aromatic heterocycles. The molecule has 1 unspecified atom stereocenters. The van der Waals surface area contributed by atoms with E-state index in [1.165, 1.54) is 12.1 Å². The molecule has 0 bridgehead atoms. The molecule has 5 heteroatoms. The van der Waals surface area contributed by atoms with Gasteiger partial charge in [0.1, 0.15) is 11.9 Å². The van der Waals surface area contributed by atoms with Gasteiger partial charge in [0.05, 0.1) is 5.41 Å². The standard InChI is InChI=1S/C16H18FNO3/c1-2-3-4-13(14(19)20)18-15(21)16(9-10-16)11-5-7-12(17)8-6-11/h2,5-8,13H,1,3-4,9-10H2,(H,18,21)(H,19,20). The number of amides is 1. The van der Waals surface area contributed by atoms with Crippen LogP contribution in [0.4, 0.5) is 4.39 Å². The molecule has 1 aromatic carbocycles. The summed E-state index contributed by atoms with van der Waals surface area (Å²) in [5.41, 5.74) is 0.0320. The predicted octanol–water partition coefficient (Wildman–Crippen LogP) is 2.39. The summed E-state index contributed by atoms with van der Waals surface area (Å²) in [6.45, 7) is 3.55. The van der Waals surface area contributed by atoms with Crippen molar-refractivity contribution in [1.82, 2.24) is 5.32 Å². The van der Waals surface area contributed by atoms with Crippen molar-refractivity contribution in [2.45, 2.75) is 37.1 Å². The number of carbonyl (C=O) groups excluding carboxylic acids is 1. The SMILES string of the molecule is C=CCCC(NC(=O)C1(c2ccc(F)cc2)CC1)C(=O)O. The molecule has 0 saturated heterocycles. The van der Waals surface area contributed by atoms with Crippen molar-refractivity contribution >= 4 is 11.9 Å². The Balaban J connectivity index is 2.09. The number of rotatable bonds is 7. The first-order chi connectivity index (χ1) is 9.99. The maximum Gasteiger partial charge on any atom is 0.326 e. The normalized spacial score (nSPS) is 16.8. The summed E-state index contributed by atoms with van der Waals surface area (Å²) in [7, 11) is 0. The zero-order valence-corrected chi connectivity index (χ0v) is 11.6. The van der Waals surface area contributed by atoms with Gasteiger partial charge in [-0.25, -0.2) is 9.18 Å². The molecule has 21 heavy (non-hydrogen) atoms. The molecule has 2 N–H and O–H groups in total. The lowest BCUT2D eigenvalue weighted by molar-refractivity contribution is -0.142. The number of nitrogens with one attached hydrogen (secondary N) is 1. The van der Waals surface area contributed by atoms with Gasteiger partial charge >= 0.3 is 5.97 Å². The summed E-state index contributed by atoms with van der Waals surface area (Å²) < 4.78 is 13.0. The highest BCUT2D eigenvalue weighted by atomic mass is 19.1. The van der Waals surface area contributed by atoms with Gasteiger partial charge in [0.25, 0.3) is 0 Å². The van der Waals surface area contributed by atoms with E-state index in [-0.39, 0.29) is 11.7 Å². The molecule has 1 atom stereocenters. The molecule has 1 aliphatic carbocycles. The van der Waals surface area contributed by atoms with Crippen LogP contribution in [0.1, 0.15) is 31.2 Å². The third-order valence-electron chi connectivity index (χ3n) is 3.84. The lowest BCUT2D eigenvalue weighted by atomic mass is 9.94. The van der Waals surface area contributed by atoms with Crippen molar-refractivity contribution < 1.29 is 19.1 Å². The Morgan fingerprint density at radius 1 is 1.38 bits per heavy atom. The smallest absolute Gasteiger partial charge is 0.326 e. The minimum atomic E-state index is -1.06. The van der Waals surface area contributed by atoms with Gasteiger partial charge < -0.3 is 10.4 Å². The molecular weight excluding hydrogens is 273 g/mol. The molecule has 1 fully saturated rings. The summed E-state index contributed by atoms with van der Waals surface area (Å²) in [6.07, 6.45) is 3.75. The number of allylic oxidation sites excluding steroid dienone is 1. The summed E-state index contributed by atoms with van der Waals surface area (Å²) in [5.74, 6) is -1.71. The third kappa shape index (κ3) is 3.29. The van der Waals surface area contributed by atoms with Crippen LogP contribution in [0.5, 0.6) is 0 Å². The van der Waals surface area contributed by atoms with E-state index in [4.69, 9.17) is 5.11 Å².